The van der Waals surface area contributed by atoms with Crippen LogP contribution in [0.5, 0.6) is 0 Å². The number of hydrogen-bond donors (Lipinski definition) is 0. The molecule has 5 nitrogen and oxygen atoms in total. The molecule has 2 rings (SSSR count). The Bertz CT molecular complexity index is 437. The zero-order chi connectivity index (χ0) is 10.2. The van der Waals surface area contributed by atoms with Gasteiger partial charge in [0.15, 0.2) is 0 Å². The van der Waals surface area contributed by atoms with Gasteiger partial charge in [-0.25, -0.2) is 8.78 Å². The van der Waals surface area contributed by atoms with Crippen LogP contribution in [0.3, 0.4) is 0 Å². The molecule has 0 saturated heterocycles. The third-order valence-electron chi connectivity index (χ3n) is 1.72. The van der Waals surface area contributed by atoms with Gasteiger partial charge in [-0.1, -0.05) is 0 Å². The van der Waals surface area contributed by atoms with E-state index in [9.17, 15) is 8.78 Å². The monoisotopic (exact) mass is 195 g/mol. The Hall–Kier alpha value is -2.01. The summed E-state index contributed by atoms with van der Waals surface area (Å²) >= 11 is 0. The zero-order valence-corrected chi connectivity index (χ0v) is 6.72. The van der Waals surface area contributed by atoms with E-state index in [-0.39, 0.29) is 5.56 Å². The summed E-state index contributed by atoms with van der Waals surface area (Å²) in [5, 5.41) is 10.1. The first-order valence-corrected chi connectivity index (χ1v) is 3.63. The number of azide groups is 1. The first kappa shape index (κ1) is 8.58. The second-order valence-electron chi connectivity index (χ2n) is 2.68. The van der Waals surface area contributed by atoms with E-state index in [4.69, 9.17) is 5.53 Å². The highest BCUT2D eigenvalue weighted by Gasteiger charge is 2.42. The van der Waals surface area contributed by atoms with Crippen LogP contribution in [0, 0.1) is 11.6 Å². The first-order chi connectivity index (χ1) is 6.66. The number of nitrogens with zero attached hydrogens (tertiary/aromatic N) is 5. The fourth-order valence-electron chi connectivity index (χ4n) is 1.07. The minimum atomic E-state index is -1.45. The van der Waals surface area contributed by atoms with Gasteiger partial charge in [0.25, 0.3) is 5.79 Å². The minimum absolute atomic E-state index is 0.0906. The fraction of sp³-hybridized carbons (Fsp3) is 0.143. The van der Waals surface area contributed by atoms with Crippen molar-refractivity contribution in [2.45, 2.75) is 5.79 Å². The Balaban J connectivity index is 2.46. The first-order valence-electron chi connectivity index (χ1n) is 3.63. The molecule has 0 N–H and O–H groups in total. The molecule has 0 unspecified atom stereocenters. The van der Waals surface area contributed by atoms with Crippen LogP contribution in [0.1, 0.15) is 5.56 Å². The average molecular weight is 195 g/mol. The Labute approximate surface area is 76.7 Å². The van der Waals surface area contributed by atoms with Gasteiger partial charge in [-0.05, 0) is 22.8 Å². The predicted octanol–water partition coefficient (Wildman–Crippen LogP) is 2.85. The van der Waals surface area contributed by atoms with Crippen molar-refractivity contribution in [2.24, 2.45) is 15.3 Å². The van der Waals surface area contributed by atoms with Crippen LogP contribution in [0.15, 0.2) is 33.5 Å². The summed E-state index contributed by atoms with van der Waals surface area (Å²) in [5.41, 5.74) is 8.28. The molecule has 1 aliphatic rings. The fourth-order valence-corrected chi connectivity index (χ4v) is 1.07. The molecule has 0 saturated carbocycles. The Kier molecular flexibility index (Phi) is 1.68. The SMILES string of the molecule is [N-]=[N+]=NC1(c2cc(F)cc(F)c2)N=N1. The Morgan fingerprint density at radius 1 is 1.21 bits per heavy atom. The highest BCUT2D eigenvalue weighted by molar-refractivity contribution is 5.28. The second kappa shape index (κ2) is 2.74. The summed E-state index contributed by atoms with van der Waals surface area (Å²) in [7, 11) is 0. The van der Waals surface area contributed by atoms with Gasteiger partial charge < -0.3 is 0 Å². The van der Waals surface area contributed by atoms with E-state index < -0.39 is 17.4 Å². The van der Waals surface area contributed by atoms with Crippen LogP contribution in [0.2, 0.25) is 0 Å². The van der Waals surface area contributed by atoms with Gasteiger partial charge in [-0.2, -0.15) is 0 Å². The number of rotatable bonds is 2. The zero-order valence-electron chi connectivity index (χ0n) is 6.72. The molecule has 1 aliphatic heterocycles. The Morgan fingerprint density at radius 2 is 1.79 bits per heavy atom. The normalized spacial score (nSPS) is 16.1. The van der Waals surface area contributed by atoms with Crippen molar-refractivity contribution in [3.8, 4) is 0 Å². The quantitative estimate of drug-likeness (QED) is 0.395. The minimum Gasteiger partial charge on any atom is -0.207 e. The van der Waals surface area contributed by atoms with Crippen LogP contribution >= 0.6 is 0 Å². The lowest BCUT2D eigenvalue weighted by atomic mass is 10.1. The maximum atomic E-state index is 12.8. The van der Waals surface area contributed by atoms with Crippen molar-refractivity contribution < 1.29 is 8.78 Å². The predicted molar refractivity (Wildman–Crippen MR) is 42.0 cm³/mol. The molecule has 1 aromatic carbocycles. The molecule has 7 heteroatoms. The molecular formula is C7H3F2N5. The van der Waals surface area contributed by atoms with E-state index in [1.807, 2.05) is 0 Å². The van der Waals surface area contributed by atoms with Crippen LogP contribution in [-0.4, -0.2) is 0 Å². The van der Waals surface area contributed by atoms with Gasteiger partial charge in [-0.15, -0.1) is 10.2 Å². The summed E-state index contributed by atoms with van der Waals surface area (Å²) in [6.07, 6.45) is 0. The van der Waals surface area contributed by atoms with Gasteiger partial charge in [-0.3, -0.25) is 0 Å². The molecule has 0 radical (unpaired) electrons. The lowest BCUT2D eigenvalue weighted by Gasteiger charge is -2.03. The molecule has 14 heavy (non-hydrogen) atoms. The molecule has 0 aromatic heterocycles. The molecular weight excluding hydrogens is 192 g/mol. The second-order valence-corrected chi connectivity index (χ2v) is 2.68. The Morgan fingerprint density at radius 3 is 2.21 bits per heavy atom. The summed E-state index contributed by atoms with van der Waals surface area (Å²) in [5.74, 6) is -2.97. The molecule has 70 valence electrons. The maximum absolute atomic E-state index is 12.8. The van der Waals surface area contributed by atoms with E-state index in [1.165, 1.54) is 0 Å². The standard InChI is InChI=1S/C7H3F2N5/c8-5-1-4(2-6(9)3-5)7(11-12-7)13-14-10/h1-3H. The van der Waals surface area contributed by atoms with Crippen molar-refractivity contribution in [3.05, 3.63) is 45.8 Å². The van der Waals surface area contributed by atoms with E-state index in [0.29, 0.717) is 0 Å². The van der Waals surface area contributed by atoms with Gasteiger partial charge in [0.05, 0.1) is 0 Å². The van der Waals surface area contributed by atoms with Crippen molar-refractivity contribution in [2.75, 3.05) is 0 Å². The van der Waals surface area contributed by atoms with Crippen LogP contribution in [0.4, 0.5) is 8.78 Å². The lowest BCUT2D eigenvalue weighted by molar-refractivity contribution is 0.567. The average Bonchev–Trinajstić information content (AvgIpc) is 2.84. The molecule has 0 bridgehead atoms. The van der Waals surface area contributed by atoms with Gasteiger partial charge in [0.2, 0.25) is 0 Å². The van der Waals surface area contributed by atoms with Gasteiger partial charge >= 0.3 is 0 Å². The topological polar surface area (TPSA) is 73.5 Å². The third-order valence-corrected chi connectivity index (χ3v) is 1.72. The largest absolute Gasteiger partial charge is 0.293 e. The summed E-state index contributed by atoms with van der Waals surface area (Å²) < 4.78 is 25.5. The molecule has 0 fully saturated rings. The molecule has 0 aliphatic carbocycles. The summed E-state index contributed by atoms with van der Waals surface area (Å²) in [4.78, 5) is 2.50. The lowest BCUT2D eigenvalue weighted by Crippen LogP contribution is -2.04. The smallest absolute Gasteiger partial charge is 0.207 e. The molecule has 0 amide bonds. The van der Waals surface area contributed by atoms with Crippen molar-refractivity contribution in [1.82, 2.24) is 0 Å². The molecule has 1 aromatic rings. The van der Waals surface area contributed by atoms with Crippen LogP contribution in [0.25, 0.3) is 10.4 Å². The highest BCUT2D eigenvalue weighted by atomic mass is 19.1. The number of benzene rings is 1. The maximum Gasteiger partial charge on any atom is 0.293 e. The van der Waals surface area contributed by atoms with E-state index in [0.717, 1.165) is 18.2 Å². The van der Waals surface area contributed by atoms with Gasteiger partial charge in [0.1, 0.15) is 11.6 Å². The van der Waals surface area contributed by atoms with E-state index >= 15 is 0 Å². The van der Waals surface area contributed by atoms with Crippen molar-refractivity contribution in [3.63, 3.8) is 0 Å². The number of halogens is 2. The molecule has 0 spiro atoms. The van der Waals surface area contributed by atoms with E-state index in [2.05, 4.69) is 20.3 Å². The van der Waals surface area contributed by atoms with E-state index in [1.54, 1.807) is 0 Å². The van der Waals surface area contributed by atoms with Gasteiger partial charge in [0, 0.05) is 16.5 Å². The third kappa shape index (κ3) is 1.29. The van der Waals surface area contributed by atoms with Crippen molar-refractivity contribution in [1.29, 1.82) is 0 Å². The van der Waals surface area contributed by atoms with Crippen molar-refractivity contribution >= 4 is 0 Å². The van der Waals surface area contributed by atoms with Crippen LogP contribution < -0.4 is 0 Å². The summed E-state index contributed by atoms with van der Waals surface area (Å²) in [6, 6.07) is 2.77. The molecule has 1 heterocycles. The van der Waals surface area contributed by atoms with Crippen LogP contribution in [-0.2, 0) is 5.79 Å². The number of hydrogen-bond acceptors (Lipinski definition) is 3. The highest BCUT2D eigenvalue weighted by Crippen LogP contribution is 2.41. The summed E-state index contributed by atoms with van der Waals surface area (Å²) in [6.45, 7) is 0. The molecule has 0 atom stereocenters.